The van der Waals surface area contributed by atoms with Crippen molar-refractivity contribution >= 4 is 23.1 Å². The maximum absolute atomic E-state index is 12.6. The normalized spacial score (nSPS) is 16.6. The van der Waals surface area contributed by atoms with Gasteiger partial charge >= 0.3 is 0 Å². The average molecular weight is 360 g/mol. The Morgan fingerprint density at radius 1 is 1.32 bits per heavy atom. The maximum atomic E-state index is 12.6. The smallest absolute Gasteiger partial charge is 0.269 e. The van der Waals surface area contributed by atoms with E-state index in [4.69, 9.17) is 4.74 Å². The van der Waals surface area contributed by atoms with Gasteiger partial charge in [0.05, 0.1) is 13.2 Å². The van der Waals surface area contributed by atoms with E-state index in [1.54, 1.807) is 0 Å². The topological polar surface area (TPSA) is 67.4 Å². The summed E-state index contributed by atoms with van der Waals surface area (Å²) in [5, 5.41) is 7.10. The lowest BCUT2D eigenvalue weighted by Gasteiger charge is -2.25. The molecule has 25 heavy (non-hydrogen) atoms. The molecular weight excluding hydrogens is 336 g/mol. The summed E-state index contributed by atoms with van der Waals surface area (Å²) >= 11 is 1.15. The monoisotopic (exact) mass is 360 g/mol. The van der Waals surface area contributed by atoms with E-state index in [9.17, 15) is 4.79 Å². The van der Waals surface area contributed by atoms with Crippen LogP contribution in [0.2, 0.25) is 0 Å². The molecule has 1 N–H and O–H groups in total. The van der Waals surface area contributed by atoms with Crippen LogP contribution in [0.25, 0.3) is 0 Å². The molecular formula is C18H24N4O2S. The molecule has 2 heterocycles. The minimum atomic E-state index is -0.144. The number of rotatable bonds is 6. The summed E-state index contributed by atoms with van der Waals surface area (Å²) in [5.41, 5.74) is 2.82. The summed E-state index contributed by atoms with van der Waals surface area (Å²) in [6.45, 7) is 8.17. The van der Waals surface area contributed by atoms with E-state index in [0.29, 0.717) is 17.3 Å². The van der Waals surface area contributed by atoms with Crippen molar-refractivity contribution in [1.82, 2.24) is 14.5 Å². The van der Waals surface area contributed by atoms with Gasteiger partial charge < -0.3 is 10.1 Å². The van der Waals surface area contributed by atoms with Gasteiger partial charge in [0.15, 0.2) is 0 Å². The summed E-state index contributed by atoms with van der Waals surface area (Å²) < 4.78 is 9.33. The first-order chi connectivity index (χ1) is 12.2. The zero-order chi connectivity index (χ0) is 17.6. The molecule has 1 atom stereocenters. The van der Waals surface area contributed by atoms with Crippen LogP contribution >= 0.6 is 11.5 Å². The summed E-state index contributed by atoms with van der Waals surface area (Å²) in [6.07, 6.45) is 1.10. The van der Waals surface area contributed by atoms with E-state index in [1.165, 1.54) is 5.56 Å². The van der Waals surface area contributed by atoms with Gasteiger partial charge in [0.1, 0.15) is 10.6 Å². The van der Waals surface area contributed by atoms with Crippen molar-refractivity contribution in [2.75, 3.05) is 31.6 Å². The van der Waals surface area contributed by atoms with Crippen LogP contribution in [0, 0.1) is 0 Å². The number of carbonyl (C=O) groups is 1. The van der Waals surface area contributed by atoms with Gasteiger partial charge in [0.2, 0.25) is 0 Å². The third-order valence-corrected chi connectivity index (χ3v) is 5.36. The number of carbonyl (C=O) groups excluding carboxylic acids is 1. The number of ether oxygens (including phenoxy) is 1. The first-order valence-corrected chi connectivity index (χ1v) is 9.47. The van der Waals surface area contributed by atoms with Crippen LogP contribution in [-0.2, 0) is 11.3 Å². The Bertz CT molecular complexity index is 695. The van der Waals surface area contributed by atoms with Crippen LogP contribution in [0.4, 0.5) is 5.69 Å². The lowest BCUT2D eigenvalue weighted by molar-refractivity contribution is 0.0335. The fraction of sp³-hybridized carbons (Fsp3) is 0.500. The molecule has 0 radical (unpaired) electrons. The quantitative estimate of drug-likeness (QED) is 0.857. The molecule has 7 heteroatoms. The SMILES string of the molecule is CCC(C)c1ccc(NC(=O)c2snnc2CN2CCOCC2)cc1. The number of nitrogens with one attached hydrogen (secondary N) is 1. The van der Waals surface area contributed by atoms with E-state index in [1.807, 2.05) is 12.1 Å². The summed E-state index contributed by atoms with van der Waals surface area (Å²) in [4.78, 5) is 15.4. The van der Waals surface area contributed by atoms with Crippen LogP contribution in [-0.4, -0.2) is 46.7 Å². The van der Waals surface area contributed by atoms with E-state index in [-0.39, 0.29) is 5.91 Å². The summed E-state index contributed by atoms with van der Waals surface area (Å²) in [5.74, 6) is 0.380. The number of anilines is 1. The Balaban J connectivity index is 1.64. The number of benzene rings is 1. The largest absolute Gasteiger partial charge is 0.379 e. The molecule has 1 fully saturated rings. The number of amides is 1. The predicted molar refractivity (Wildman–Crippen MR) is 99.1 cm³/mol. The molecule has 1 amide bonds. The van der Waals surface area contributed by atoms with Gasteiger partial charge in [-0.1, -0.05) is 30.5 Å². The number of hydrogen-bond acceptors (Lipinski definition) is 6. The van der Waals surface area contributed by atoms with Gasteiger partial charge in [-0.05, 0) is 41.6 Å². The molecule has 3 rings (SSSR count). The molecule has 134 valence electrons. The first kappa shape index (κ1) is 18.0. The van der Waals surface area contributed by atoms with Gasteiger partial charge in [-0.25, -0.2) is 0 Å². The van der Waals surface area contributed by atoms with Gasteiger partial charge in [0, 0.05) is 25.3 Å². The van der Waals surface area contributed by atoms with E-state index in [0.717, 1.165) is 55.6 Å². The van der Waals surface area contributed by atoms with Crippen molar-refractivity contribution in [1.29, 1.82) is 0 Å². The van der Waals surface area contributed by atoms with Crippen molar-refractivity contribution in [3.63, 3.8) is 0 Å². The third kappa shape index (κ3) is 4.62. The first-order valence-electron chi connectivity index (χ1n) is 8.70. The molecule has 6 nitrogen and oxygen atoms in total. The Morgan fingerprint density at radius 3 is 2.72 bits per heavy atom. The third-order valence-electron chi connectivity index (χ3n) is 4.59. The fourth-order valence-electron chi connectivity index (χ4n) is 2.77. The second-order valence-electron chi connectivity index (χ2n) is 6.32. The van der Waals surface area contributed by atoms with Crippen LogP contribution in [0.15, 0.2) is 24.3 Å². The van der Waals surface area contributed by atoms with Gasteiger partial charge in [-0.3, -0.25) is 9.69 Å². The fourth-order valence-corrected chi connectivity index (χ4v) is 3.34. The van der Waals surface area contributed by atoms with Gasteiger partial charge in [-0.2, -0.15) is 0 Å². The molecule has 2 aromatic rings. The zero-order valence-electron chi connectivity index (χ0n) is 14.7. The van der Waals surface area contributed by atoms with Gasteiger partial charge in [0.25, 0.3) is 5.91 Å². The van der Waals surface area contributed by atoms with Gasteiger partial charge in [-0.15, -0.1) is 5.10 Å². The van der Waals surface area contributed by atoms with E-state index in [2.05, 4.69) is 45.8 Å². The van der Waals surface area contributed by atoms with Crippen molar-refractivity contribution in [2.24, 2.45) is 0 Å². The molecule has 1 aliphatic rings. The number of morpholine rings is 1. The standard InChI is InChI=1S/C18H24N4O2S/c1-3-13(2)14-4-6-15(7-5-14)19-18(23)17-16(20-21-25-17)12-22-8-10-24-11-9-22/h4-7,13H,3,8-12H2,1-2H3,(H,19,23). The highest BCUT2D eigenvalue weighted by Crippen LogP contribution is 2.21. The molecule has 1 aromatic heterocycles. The van der Waals surface area contributed by atoms with E-state index >= 15 is 0 Å². The second-order valence-corrected chi connectivity index (χ2v) is 7.08. The van der Waals surface area contributed by atoms with Crippen molar-refractivity contribution in [3.8, 4) is 0 Å². The number of nitrogens with zero attached hydrogens (tertiary/aromatic N) is 3. The molecule has 0 bridgehead atoms. The molecule has 0 spiro atoms. The molecule has 0 saturated carbocycles. The highest BCUT2D eigenvalue weighted by atomic mass is 32.1. The lowest BCUT2D eigenvalue weighted by Crippen LogP contribution is -2.36. The number of hydrogen-bond donors (Lipinski definition) is 1. The average Bonchev–Trinajstić information content (AvgIpc) is 3.11. The summed E-state index contributed by atoms with van der Waals surface area (Å²) in [6, 6.07) is 8.05. The van der Waals surface area contributed by atoms with Crippen molar-refractivity contribution in [2.45, 2.75) is 32.7 Å². The minimum Gasteiger partial charge on any atom is -0.379 e. The van der Waals surface area contributed by atoms with Crippen LogP contribution < -0.4 is 5.32 Å². The molecule has 1 aliphatic heterocycles. The van der Waals surface area contributed by atoms with Crippen LogP contribution in [0.5, 0.6) is 0 Å². The Labute approximate surface area is 152 Å². The number of aromatic nitrogens is 2. The second kappa shape index (κ2) is 8.51. The van der Waals surface area contributed by atoms with Crippen molar-refractivity contribution in [3.05, 3.63) is 40.4 Å². The minimum absolute atomic E-state index is 0.144. The van der Waals surface area contributed by atoms with Crippen molar-refractivity contribution < 1.29 is 9.53 Å². The molecule has 1 saturated heterocycles. The molecule has 1 unspecified atom stereocenters. The highest BCUT2D eigenvalue weighted by molar-refractivity contribution is 7.08. The predicted octanol–water partition coefficient (Wildman–Crippen LogP) is 3.14. The van der Waals surface area contributed by atoms with Crippen LogP contribution in [0.1, 0.15) is 47.1 Å². The summed E-state index contributed by atoms with van der Waals surface area (Å²) in [7, 11) is 0. The lowest BCUT2D eigenvalue weighted by atomic mass is 9.99. The molecule has 1 aromatic carbocycles. The Morgan fingerprint density at radius 2 is 2.04 bits per heavy atom. The van der Waals surface area contributed by atoms with E-state index < -0.39 is 0 Å². The maximum Gasteiger partial charge on any atom is 0.269 e. The van der Waals surface area contributed by atoms with Crippen LogP contribution in [0.3, 0.4) is 0 Å². The zero-order valence-corrected chi connectivity index (χ0v) is 15.5. The Hall–Kier alpha value is -1.83. The highest BCUT2D eigenvalue weighted by Gasteiger charge is 2.20. The Kier molecular flexibility index (Phi) is 6.12. The molecule has 0 aliphatic carbocycles.